The lowest BCUT2D eigenvalue weighted by molar-refractivity contribution is -0.115. The second kappa shape index (κ2) is 6.51. The van der Waals surface area contributed by atoms with E-state index in [1.165, 1.54) is 6.07 Å². The molecule has 9 heteroatoms. The van der Waals surface area contributed by atoms with Crippen molar-refractivity contribution in [3.8, 4) is 0 Å². The van der Waals surface area contributed by atoms with Crippen molar-refractivity contribution in [2.75, 3.05) is 11.9 Å². The highest BCUT2D eigenvalue weighted by Gasteiger charge is 2.18. The Labute approximate surface area is 130 Å². The number of carbonyl (C=O) groups excluding carboxylic acids is 1. The van der Waals surface area contributed by atoms with Gasteiger partial charge < -0.3 is 5.32 Å². The number of rotatable bonds is 5. The van der Waals surface area contributed by atoms with Crippen LogP contribution in [-0.2, 0) is 14.8 Å². The van der Waals surface area contributed by atoms with E-state index < -0.39 is 39.8 Å². The van der Waals surface area contributed by atoms with Crippen LogP contribution in [-0.4, -0.2) is 20.9 Å². The monoisotopic (exact) mass is 346 g/mol. The summed E-state index contributed by atoms with van der Waals surface area (Å²) in [5.74, 6) is -2.75. The van der Waals surface area contributed by atoms with Gasteiger partial charge in [0.25, 0.3) is 10.0 Å². The molecule has 1 aromatic carbocycles. The Morgan fingerprint density at radius 2 is 1.82 bits per heavy atom. The zero-order chi connectivity index (χ0) is 16.3. The van der Waals surface area contributed by atoms with Crippen LogP contribution in [0.2, 0.25) is 0 Å². The fourth-order valence-corrected chi connectivity index (χ4v) is 3.90. The molecule has 1 heterocycles. The van der Waals surface area contributed by atoms with Gasteiger partial charge in [0.15, 0.2) is 0 Å². The van der Waals surface area contributed by atoms with E-state index in [1.807, 2.05) is 5.32 Å². The number of hydrogen-bond donors (Lipinski definition) is 2. The predicted molar refractivity (Wildman–Crippen MR) is 79.2 cm³/mol. The molecule has 0 unspecified atom stereocenters. The van der Waals surface area contributed by atoms with Crippen LogP contribution in [0.5, 0.6) is 0 Å². The van der Waals surface area contributed by atoms with Gasteiger partial charge in [-0.15, -0.1) is 11.3 Å². The van der Waals surface area contributed by atoms with Gasteiger partial charge in [-0.05, 0) is 31.2 Å². The summed E-state index contributed by atoms with van der Waals surface area (Å²) in [6.45, 7) is 1.12. The minimum atomic E-state index is -3.83. The molecule has 0 aliphatic rings. The molecule has 22 heavy (non-hydrogen) atoms. The Bertz CT molecular complexity index is 783. The van der Waals surface area contributed by atoms with Crippen LogP contribution in [0.1, 0.15) is 4.88 Å². The molecule has 2 aromatic rings. The van der Waals surface area contributed by atoms with Gasteiger partial charge in [0.2, 0.25) is 5.91 Å². The minimum absolute atomic E-state index is 0.0647. The summed E-state index contributed by atoms with van der Waals surface area (Å²) >= 11 is 1.05. The smallest absolute Gasteiger partial charge is 0.250 e. The average molecular weight is 346 g/mol. The third-order valence-corrected chi connectivity index (χ3v) is 5.52. The zero-order valence-electron chi connectivity index (χ0n) is 11.4. The molecular formula is C13H12F2N2O3S2. The fraction of sp³-hybridized carbons (Fsp3) is 0.154. The van der Waals surface area contributed by atoms with Crippen LogP contribution in [0, 0.1) is 18.6 Å². The molecule has 0 bridgehead atoms. The molecule has 2 rings (SSSR count). The van der Waals surface area contributed by atoms with E-state index in [0.717, 1.165) is 34.4 Å². The number of sulfonamides is 1. The molecule has 0 aliphatic carbocycles. The lowest BCUT2D eigenvalue weighted by atomic mass is 10.3. The maximum absolute atomic E-state index is 13.4. The lowest BCUT2D eigenvalue weighted by Crippen LogP contribution is -2.32. The number of thiophene rings is 1. The van der Waals surface area contributed by atoms with Crippen molar-refractivity contribution in [3.05, 3.63) is 46.8 Å². The largest absolute Gasteiger partial charge is 0.320 e. The first-order valence-electron chi connectivity index (χ1n) is 6.09. The Morgan fingerprint density at radius 3 is 2.36 bits per heavy atom. The molecule has 0 radical (unpaired) electrons. The number of benzene rings is 1. The number of amides is 1. The lowest BCUT2D eigenvalue weighted by Gasteiger charge is -2.08. The molecule has 5 nitrogen and oxygen atoms in total. The molecule has 118 valence electrons. The summed E-state index contributed by atoms with van der Waals surface area (Å²) in [5, 5.41) is 2.00. The van der Waals surface area contributed by atoms with Gasteiger partial charge in [0, 0.05) is 4.88 Å². The first-order valence-corrected chi connectivity index (χ1v) is 8.39. The van der Waals surface area contributed by atoms with E-state index in [9.17, 15) is 22.0 Å². The number of para-hydroxylation sites is 1. The van der Waals surface area contributed by atoms with Crippen molar-refractivity contribution >= 4 is 33.0 Å². The van der Waals surface area contributed by atoms with Crippen molar-refractivity contribution in [3.63, 3.8) is 0 Å². The van der Waals surface area contributed by atoms with Gasteiger partial charge >= 0.3 is 0 Å². The second-order valence-corrected chi connectivity index (χ2v) is 7.62. The Morgan fingerprint density at radius 1 is 1.18 bits per heavy atom. The second-order valence-electron chi connectivity index (χ2n) is 4.33. The van der Waals surface area contributed by atoms with Crippen LogP contribution in [0.4, 0.5) is 14.5 Å². The van der Waals surface area contributed by atoms with E-state index in [2.05, 4.69) is 4.72 Å². The first-order chi connectivity index (χ1) is 10.3. The van der Waals surface area contributed by atoms with Crippen LogP contribution >= 0.6 is 11.3 Å². The fourth-order valence-electron chi connectivity index (χ4n) is 1.59. The summed E-state index contributed by atoms with van der Waals surface area (Å²) in [7, 11) is -3.83. The number of aryl methyl sites for hydroxylation is 1. The van der Waals surface area contributed by atoms with Gasteiger partial charge in [-0.3, -0.25) is 4.79 Å². The molecule has 0 fully saturated rings. The number of hydrogen-bond acceptors (Lipinski definition) is 4. The predicted octanol–water partition coefficient (Wildman–Crippen LogP) is 2.25. The summed E-state index contributed by atoms with van der Waals surface area (Å²) in [6, 6.07) is 6.17. The molecule has 1 aromatic heterocycles. The van der Waals surface area contributed by atoms with Crippen LogP contribution in [0.15, 0.2) is 34.5 Å². The summed E-state index contributed by atoms with van der Waals surface area (Å²) in [6.07, 6.45) is 0. The van der Waals surface area contributed by atoms with Gasteiger partial charge in [0.1, 0.15) is 21.5 Å². The number of nitrogens with one attached hydrogen (secondary N) is 2. The maximum Gasteiger partial charge on any atom is 0.250 e. The molecule has 0 spiro atoms. The Hall–Kier alpha value is -1.84. The summed E-state index contributed by atoms with van der Waals surface area (Å²) in [5.41, 5.74) is -0.612. The summed E-state index contributed by atoms with van der Waals surface area (Å²) < 4.78 is 52.7. The molecule has 0 aliphatic heterocycles. The quantitative estimate of drug-likeness (QED) is 0.872. The van der Waals surface area contributed by atoms with Crippen molar-refractivity contribution in [2.45, 2.75) is 11.1 Å². The average Bonchev–Trinajstić information content (AvgIpc) is 2.88. The molecule has 0 saturated heterocycles. The third-order valence-electron chi connectivity index (χ3n) is 2.63. The highest BCUT2D eigenvalue weighted by atomic mass is 32.2. The van der Waals surface area contributed by atoms with Crippen LogP contribution in [0.25, 0.3) is 0 Å². The maximum atomic E-state index is 13.4. The van der Waals surface area contributed by atoms with Crippen molar-refractivity contribution in [2.24, 2.45) is 0 Å². The molecule has 1 amide bonds. The highest BCUT2D eigenvalue weighted by molar-refractivity contribution is 7.91. The standard InChI is InChI=1S/C13H12F2N2O3S2/c1-8-5-6-12(21-8)22(19,20)16-7-11(18)17-13-9(14)3-2-4-10(13)15/h2-6,16H,7H2,1H3,(H,17,18). The van der Waals surface area contributed by atoms with E-state index in [4.69, 9.17) is 0 Å². The van der Waals surface area contributed by atoms with Gasteiger partial charge in [0.05, 0.1) is 6.54 Å². The Kier molecular flexibility index (Phi) is 4.89. The topological polar surface area (TPSA) is 75.3 Å². The van der Waals surface area contributed by atoms with Gasteiger partial charge in [-0.2, -0.15) is 0 Å². The normalized spacial score (nSPS) is 11.4. The number of carbonyl (C=O) groups is 1. The van der Waals surface area contributed by atoms with E-state index >= 15 is 0 Å². The first kappa shape index (κ1) is 16.5. The highest BCUT2D eigenvalue weighted by Crippen LogP contribution is 2.20. The number of anilines is 1. The molecular weight excluding hydrogens is 334 g/mol. The van der Waals surface area contributed by atoms with Crippen molar-refractivity contribution in [1.82, 2.24) is 4.72 Å². The van der Waals surface area contributed by atoms with E-state index in [1.54, 1.807) is 13.0 Å². The van der Waals surface area contributed by atoms with Crippen molar-refractivity contribution < 1.29 is 22.0 Å². The number of halogens is 2. The molecule has 2 N–H and O–H groups in total. The third kappa shape index (κ3) is 3.87. The van der Waals surface area contributed by atoms with E-state index in [0.29, 0.717) is 0 Å². The molecule has 0 atom stereocenters. The zero-order valence-corrected chi connectivity index (χ0v) is 13.0. The van der Waals surface area contributed by atoms with Gasteiger partial charge in [-0.1, -0.05) is 6.07 Å². The SMILES string of the molecule is Cc1ccc(S(=O)(=O)NCC(=O)Nc2c(F)cccc2F)s1. The molecule has 0 saturated carbocycles. The van der Waals surface area contributed by atoms with Crippen LogP contribution < -0.4 is 10.0 Å². The van der Waals surface area contributed by atoms with E-state index in [-0.39, 0.29) is 4.21 Å². The minimum Gasteiger partial charge on any atom is -0.320 e. The summed E-state index contributed by atoms with van der Waals surface area (Å²) in [4.78, 5) is 12.4. The van der Waals surface area contributed by atoms with Crippen molar-refractivity contribution in [1.29, 1.82) is 0 Å². The Balaban J connectivity index is 2.01. The van der Waals surface area contributed by atoms with Crippen LogP contribution in [0.3, 0.4) is 0 Å². The van der Waals surface area contributed by atoms with Gasteiger partial charge in [-0.25, -0.2) is 21.9 Å².